The summed E-state index contributed by atoms with van der Waals surface area (Å²) in [4.78, 5) is 23.6. The number of carbonyl (C=O) groups excluding carboxylic acids is 2. The lowest BCUT2D eigenvalue weighted by Crippen LogP contribution is -2.27. The van der Waals surface area contributed by atoms with Gasteiger partial charge in [0, 0.05) is 40.5 Å². The molecule has 2 N–H and O–H groups in total. The fraction of sp³-hybridized carbons (Fsp3) is 0.556. The van der Waals surface area contributed by atoms with Crippen LogP contribution in [0, 0.1) is 0 Å². The summed E-state index contributed by atoms with van der Waals surface area (Å²) in [5, 5.41) is 5.71. The van der Waals surface area contributed by atoms with Gasteiger partial charge in [-0.1, -0.05) is 24.3 Å². The first-order valence-corrected chi connectivity index (χ1v) is 8.24. The van der Waals surface area contributed by atoms with Crippen LogP contribution >= 0.6 is 0 Å². The van der Waals surface area contributed by atoms with Crippen LogP contribution in [-0.2, 0) is 31.9 Å². The first-order chi connectivity index (χ1) is 11.7. The van der Waals surface area contributed by atoms with Crippen LogP contribution in [0.5, 0.6) is 0 Å². The SMILES string of the molecule is COCCCNC(=O)Cc1ccc(CC(=O)NCCCOC)cc1. The molecule has 1 aromatic carbocycles. The van der Waals surface area contributed by atoms with Gasteiger partial charge in [0.05, 0.1) is 12.8 Å². The van der Waals surface area contributed by atoms with Crippen LogP contribution < -0.4 is 10.6 Å². The van der Waals surface area contributed by atoms with Crippen molar-refractivity contribution in [1.29, 1.82) is 0 Å². The molecule has 1 aromatic rings. The molecule has 2 amide bonds. The summed E-state index contributed by atoms with van der Waals surface area (Å²) in [7, 11) is 3.28. The average Bonchev–Trinajstić information content (AvgIpc) is 2.57. The predicted molar refractivity (Wildman–Crippen MR) is 92.9 cm³/mol. The molecule has 0 bridgehead atoms. The molecule has 0 aromatic heterocycles. The van der Waals surface area contributed by atoms with Crippen LogP contribution in [0.25, 0.3) is 0 Å². The molecule has 0 saturated heterocycles. The van der Waals surface area contributed by atoms with Gasteiger partial charge in [0.25, 0.3) is 0 Å². The maximum Gasteiger partial charge on any atom is 0.224 e. The second-order valence-corrected chi connectivity index (χ2v) is 5.56. The summed E-state index contributed by atoms with van der Waals surface area (Å²) in [5.74, 6) is -0.00974. The van der Waals surface area contributed by atoms with Crippen LogP contribution in [-0.4, -0.2) is 52.3 Å². The van der Waals surface area contributed by atoms with Gasteiger partial charge >= 0.3 is 0 Å². The minimum absolute atomic E-state index is 0.00487. The maximum atomic E-state index is 11.8. The van der Waals surface area contributed by atoms with Gasteiger partial charge in [0.15, 0.2) is 0 Å². The second kappa shape index (κ2) is 12.5. The lowest BCUT2D eigenvalue weighted by Gasteiger charge is -2.07. The molecule has 134 valence electrons. The molecule has 0 aliphatic carbocycles. The molecule has 0 fully saturated rings. The molecule has 0 aliphatic heterocycles. The van der Waals surface area contributed by atoms with Gasteiger partial charge < -0.3 is 20.1 Å². The van der Waals surface area contributed by atoms with Crippen molar-refractivity contribution >= 4 is 11.8 Å². The Labute approximate surface area is 143 Å². The van der Waals surface area contributed by atoms with E-state index in [2.05, 4.69) is 10.6 Å². The van der Waals surface area contributed by atoms with E-state index in [4.69, 9.17) is 9.47 Å². The van der Waals surface area contributed by atoms with E-state index in [1.807, 2.05) is 24.3 Å². The normalized spacial score (nSPS) is 10.4. The number of ether oxygens (including phenoxy) is 2. The zero-order valence-electron chi connectivity index (χ0n) is 14.6. The molecule has 6 heteroatoms. The van der Waals surface area contributed by atoms with E-state index in [1.54, 1.807) is 14.2 Å². The van der Waals surface area contributed by atoms with Crippen molar-refractivity contribution in [1.82, 2.24) is 10.6 Å². The van der Waals surface area contributed by atoms with E-state index in [0.29, 0.717) is 39.1 Å². The van der Waals surface area contributed by atoms with Crippen molar-refractivity contribution in [3.63, 3.8) is 0 Å². The van der Waals surface area contributed by atoms with Gasteiger partial charge in [-0.15, -0.1) is 0 Å². The Bertz CT molecular complexity index is 443. The summed E-state index contributed by atoms with van der Waals surface area (Å²) in [5.41, 5.74) is 1.87. The minimum Gasteiger partial charge on any atom is -0.385 e. The number of hydrogen-bond donors (Lipinski definition) is 2. The van der Waals surface area contributed by atoms with Crippen LogP contribution in [0.4, 0.5) is 0 Å². The van der Waals surface area contributed by atoms with Crippen molar-refractivity contribution in [3.8, 4) is 0 Å². The molecule has 0 atom stereocenters. The lowest BCUT2D eigenvalue weighted by molar-refractivity contribution is -0.121. The second-order valence-electron chi connectivity index (χ2n) is 5.56. The van der Waals surface area contributed by atoms with Gasteiger partial charge in [-0.05, 0) is 24.0 Å². The third-order valence-electron chi connectivity index (χ3n) is 3.45. The van der Waals surface area contributed by atoms with E-state index in [9.17, 15) is 9.59 Å². The molecule has 24 heavy (non-hydrogen) atoms. The third kappa shape index (κ3) is 9.27. The van der Waals surface area contributed by atoms with Gasteiger partial charge in [0.1, 0.15) is 0 Å². The van der Waals surface area contributed by atoms with Crippen LogP contribution in [0.3, 0.4) is 0 Å². The highest BCUT2D eigenvalue weighted by Gasteiger charge is 2.05. The van der Waals surface area contributed by atoms with Crippen LogP contribution in [0.2, 0.25) is 0 Å². The largest absolute Gasteiger partial charge is 0.385 e. The number of methoxy groups -OCH3 is 2. The number of nitrogens with one attached hydrogen (secondary N) is 2. The highest BCUT2D eigenvalue weighted by molar-refractivity contribution is 5.79. The number of benzene rings is 1. The van der Waals surface area contributed by atoms with E-state index < -0.39 is 0 Å². The molecule has 0 spiro atoms. The quantitative estimate of drug-likeness (QED) is 0.560. The van der Waals surface area contributed by atoms with Crippen molar-refractivity contribution < 1.29 is 19.1 Å². The highest BCUT2D eigenvalue weighted by atomic mass is 16.5. The minimum atomic E-state index is -0.00487. The maximum absolute atomic E-state index is 11.8. The molecular weight excluding hydrogens is 308 g/mol. The van der Waals surface area contributed by atoms with Gasteiger partial charge in [-0.25, -0.2) is 0 Å². The average molecular weight is 336 g/mol. The monoisotopic (exact) mass is 336 g/mol. The number of rotatable bonds is 12. The van der Waals surface area contributed by atoms with Crippen molar-refractivity contribution in [2.24, 2.45) is 0 Å². The fourth-order valence-corrected chi connectivity index (χ4v) is 2.16. The standard InChI is InChI=1S/C18H28N2O4/c1-23-11-3-9-19-17(21)13-15-5-7-16(8-6-15)14-18(22)20-10-4-12-24-2/h5-8H,3-4,9-14H2,1-2H3,(H,19,21)(H,20,22). The highest BCUT2D eigenvalue weighted by Crippen LogP contribution is 2.06. The van der Waals surface area contributed by atoms with Crippen molar-refractivity contribution in [2.45, 2.75) is 25.7 Å². The van der Waals surface area contributed by atoms with Gasteiger partial charge in [-0.3, -0.25) is 9.59 Å². The molecule has 0 aliphatic rings. The number of amides is 2. The zero-order chi connectivity index (χ0) is 17.6. The zero-order valence-corrected chi connectivity index (χ0v) is 14.6. The molecular formula is C18H28N2O4. The Morgan fingerprint density at radius 2 is 1.17 bits per heavy atom. The number of hydrogen-bond acceptors (Lipinski definition) is 4. The molecule has 0 saturated carbocycles. The fourth-order valence-electron chi connectivity index (χ4n) is 2.16. The first kappa shape index (κ1) is 20.1. The Kier molecular flexibility index (Phi) is 10.5. The molecule has 0 radical (unpaired) electrons. The lowest BCUT2D eigenvalue weighted by atomic mass is 10.1. The Hall–Kier alpha value is -1.92. The topological polar surface area (TPSA) is 76.7 Å². The van der Waals surface area contributed by atoms with E-state index in [0.717, 1.165) is 24.0 Å². The van der Waals surface area contributed by atoms with Gasteiger partial charge in [0.2, 0.25) is 11.8 Å². The molecule has 0 heterocycles. The smallest absolute Gasteiger partial charge is 0.224 e. The first-order valence-electron chi connectivity index (χ1n) is 8.24. The third-order valence-corrected chi connectivity index (χ3v) is 3.45. The number of carbonyl (C=O) groups is 2. The van der Waals surface area contributed by atoms with E-state index in [-0.39, 0.29) is 11.8 Å². The molecule has 0 unspecified atom stereocenters. The van der Waals surface area contributed by atoms with E-state index >= 15 is 0 Å². The summed E-state index contributed by atoms with van der Waals surface area (Å²) in [6, 6.07) is 7.56. The summed E-state index contributed by atoms with van der Waals surface area (Å²) < 4.78 is 9.87. The van der Waals surface area contributed by atoms with Crippen molar-refractivity contribution in [2.75, 3.05) is 40.5 Å². The predicted octanol–water partition coefficient (Wildman–Crippen LogP) is 1.08. The summed E-state index contributed by atoms with van der Waals surface area (Å²) >= 11 is 0. The summed E-state index contributed by atoms with van der Waals surface area (Å²) in [6.07, 6.45) is 2.30. The van der Waals surface area contributed by atoms with Crippen molar-refractivity contribution in [3.05, 3.63) is 35.4 Å². The Morgan fingerprint density at radius 3 is 1.50 bits per heavy atom. The van der Waals surface area contributed by atoms with Crippen LogP contribution in [0.1, 0.15) is 24.0 Å². The van der Waals surface area contributed by atoms with E-state index in [1.165, 1.54) is 0 Å². The van der Waals surface area contributed by atoms with Gasteiger partial charge in [-0.2, -0.15) is 0 Å². The Balaban J connectivity index is 2.29. The summed E-state index contributed by atoms with van der Waals surface area (Å²) in [6.45, 7) is 2.52. The Morgan fingerprint density at radius 1 is 0.792 bits per heavy atom. The van der Waals surface area contributed by atoms with Crippen LogP contribution in [0.15, 0.2) is 24.3 Å². The molecule has 1 rings (SSSR count). The molecule has 6 nitrogen and oxygen atoms in total.